The van der Waals surface area contributed by atoms with Crippen molar-refractivity contribution in [2.75, 3.05) is 13.2 Å². The molecule has 108 valence electrons. The van der Waals surface area contributed by atoms with E-state index >= 15 is 0 Å². The minimum atomic E-state index is -5.07. The molecule has 0 amide bonds. The topological polar surface area (TPSA) is 133 Å². The second-order valence-corrected chi connectivity index (χ2v) is 5.08. The minimum Gasteiger partial charge on any atom is -0.461 e. The molecule has 0 aromatic heterocycles. The first kappa shape index (κ1) is 17.3. The molecule has 0 spiro atoms. The third kappa shape index (κ3) is 4.81. The molecule has 0 radical (unpaired) electrons. The zero-order chi connectivity index (χ0) is 15.1. The minimum absolute atomic E-state index is 0.192. The molecule has 1 unspecified atom stereocenters. The summed E-state index contributed by atoms with van der Waals surface area (Å²) >= 11 is 0. The summed E-state index contributed by atoms with van der Waals surface area (Å²) in [4.78, 5) is 19.9. The van der Waals surface area contributed by atoms with E-state index in [2.05, 4.69) is 22.6 Å². The van der Waals surface area contributed by atoms with Gasteiger partial charge in [-0.05, 0) is 0 Å². The Labute approximate surface area is 110 Å². The van der Waals surface area contributed by atoms with Crippen molar-refractivity contribution in [3.63, 3.8) is 0 Å². The molecule has 0 aliphatic rings. The van der Waals surface area contributed by atoms with Crippen molar-refractivity contribution in [2.24, 2.45) is 5.73 Å². The maximum Gasteiger partial charge on any atom is 0.345 e. The van der Waals surface area contributed by atoms with E-state index in [1.807, 2.05) is 0 Å². The van der Waals surface area contributed by atoms with E-state index < -0.39 is 33.3 Å². The lowest BCUT2D eigenvalue weighted by Gasteiger charge is -2.22. The molecule has 19 heavy (non-hydrogen) atoms. The largest absolute Gasteiger partial charge is 0.461 e. The Balaban J connectivity index is 5.09. The van der Waals surface area contributed by atoms with Gasteiger partial charge in [0.15, 0.2) is 0 Å². The third-order valence-electron chi connectivity index (χ3n) is 1.91. The Morgan fingerprint density at radius 2 is 1.68 bits per heavy atom. The summed E-state index contributed by atoms with van der Waals surface area (Å²) in [6.45, 7) is 6.00. The fourth-order valence-corrected chi connectivity index (χ4v) is 1.51. The highest BCUT2D eigenvalue weighted by Crippen LogP contribution is 2.17. The summed E-state index contributed by atoms with van der Waals surface area (Å²) in [5.41, 5.74) is 5.26. The van der Waals surface area contributed by atoms with E-state index in [4.69, 9.17) is 10.3 Å². The van der Waals surface area contributed by atoms with Crippen LogP contribution in [0.4, 0.5) is 0 Å². The Hall–Kier alpha value is -1.71. The molecule has 3 N–H and O–H groups in total. The van der Waals surface area contributed by atoms with Crippen molar-refractivity contribution in [3.05, 3.63) is 25.3 Å². The van der Waals surface area contributed by atoms with Gasteiger partial charge in [-0.3, -0.25) is 9.35 Å². The first-order valence-corrected chi connectivity index (χ1v) is 6.43. The molecular formula is C10H15NO7S. The molecule has 0 aliphatic carbocycles. The standard InChI is InChI=1S/C10H15NO7S/c1-3-5-17-8(12)7-10(11,19(14,15)16)9(13)18-6-4-2/h3-4H,1-2,5-7,11H2,(H,14,15,16). The van der Waals surface area contributed by atoms with Gasteiger partial charge >= 0.3 is 11.9 Å². The van der Waals surface area contributed by atoms with Crippen LogP contribution in [0, 0.1) is 0 Å². The van der Waals surface area contributed by atoms with E-state index in [-0.39, 0.29) is 13.2 Å². The second-order valence-electron chi connectivity index (χ2n) is 3.40. The molecule has 1 atom stereocenters. The average Bonchev–Trinajstić information content (AvgIpc) is 2.31. The van der Waals surface area contributed by atoms with Crippen LogP contribution in [0.25, 0.3) is 0 Å². The van der Waals surface area contributed by atoms with Crippen LogP contribution < -0.4 is 5.73 Å². The van der Waals surface area contributed by atoms with Crippen LogP contribution in [0.15, 0.2) is 25.3 Å². The summed E-state index contributed by atoms with van der Waals surface area (Å²) in [6, 6.07) is 0. The lowest BCUT2D eigenvalue weighted by molar-refractivity contribution is -0.152. The monoisotopic (exact) mass is 293 g/mol. The number of carbonyl (C=O) groups is 2. The van der Waals surface area contributed by atoms with Crippen molar-refractivity contribution in [1.82, 2.24) is 0 Å². The van der Waals surface area contributed by atoms with E-state index in [1.54, 1.807) is 0 Å². The van der Waals surface area contributed by atoms with E-state index in [0.717, 1.165) is 0 Å². The Kier molecular flexibility index (Phi) is 6.39. The van der Waals surface area contributed by atoms with Crippen molar-refractivity contribution < 1.29 is 32.0 Å². The van der Waals surface area contributed by atoms with Gasteiger partial charge in [0.1, 0.15) is 13.2 Å². The van der Waals surface area contributed by atoms with E-state index in [0.29, 0.717) is 0 Å². The normalized spacial score (nSPS) is 14.0. The van der Waals surface area contributed by atoms with Crippen molar-refractivity contribution in [2.45, 2.75) is 11.3 Å². The second kappa shape index (κ2) is 7.02. The highest BCUT2D eigenvalue weighted by Gasteiger charge is 2.50. The molecule has 0 fully saturated rings. The Morgan fingerprint density at radius 1 is 1.21 bits per heavy atom. The number of nitrogens with two attached hydrogens (primary N) is 1. The van der Waals surface area contributed by atoms with Gasteiger partial charge in [-0.15, -0.1) is 0 Å². The van der Waals surface area contributed by atoms with Gasteiger partial charge in [0, 0.05) is 0 Å². The van der Waals surface area contributed by atoms with Crippen LogP contribution in [0.5, 0.6) is 0 Å². The zero-order valence-electron chi connectivity index (χ0n) is 10.1. The van der Waals surface area contributed by atoms with Crippen LogP contribution in [-0.2, 0) is 29.2 Å². The van der Waals surface area contributed by atoms with Crippen molar-refractivity contribution in [1.29, 1.82) is 0 Å². The number of hydrogen-bond acceptors (Lipinski definition) is 7. The molecule has 0 bridgehead atoms. The average molecular weight is 293 g/mol. The fraction of sp³-hybridized carbons (Fsp3) is 0.400. The molecule has 0 saturated carbocycles. The molecule has 0 saturated heterocycles. The molecule has 8 nitrogen and oxygen atoms in total. The third-order valence-corrected chi connectivity index (χ3v) is 3.14. The first-order chi connectivity index (χ1) is 8.69. The van der Waals surface area contributed by atoms with Gasteiger partial charge in [-0.1, -0.05) is 25.3 Å². The molecule has 0 aromatic carbocycles. The predicted molar refractivity (Wildman–Crippen MR) is 65.4 cm³/mol. The van der Waals surface area contributed by atoms with Crippen LogP contribution in [0.1, 0.15) is 6.42 Å². The number of carbonyl (C=O) groups excluding carboxylic acids is 2. The predicted octanol–water partition coefficient (Wildman–Crippen LogP) is -0.622. The molecule has 9 heteroatoms. The number of hydrogen-bond donors (Lipinski definition) is 2. The van der Waals surface area contributed by atoms with Gasteiger partial charge < -0.3 is 15.2 Å². The lowest BCUT2D eigenvalue weighted by Crippen LogP contribution is -2.56. The van der Waals surface area contributed by atoms with Gasteiger partial charge in [0.25, 0.3) is 15.0 Å². The van der Waals surface area contributed by atoms with Gasteiger partial charge in [0.2, 0.25) is 0 Å². The van der Waals surface area contributed by atoms with Crippen LogP contribution >= 0.6 is 0 Å². The Bertz CT molecular complexity index is 470. The zero-order valence-corrected chi connectivity index (χ0v) is 10.9. The molecular weight excluding hydrogens is 278 g/mol. The number of esters is 2. The quantitative estimate of drug-likeness (QED) is 0.343. The maximum atomic E-state index is 11.5. The first-order valence-electron chi connectivity index (χ1n) is 4.99. The van der Waals surface area contributed by atoms with E-state index in [1.165, 1.54) is 12.2 Å². The summed E-state index contributed by atoms with van der Waals surface area (Å²) in [6.07, 6.45) is 1.31. The van der Waals surface area contributed by atoms with Crippen LogP contribution in [0.2, 0.25) is 0 Å². The van der Waals surface area contributed by atoms with Crippen LogP contribution in [-0.4, -0.2) is 43.0 Å². The summed E-state index contributed by atoms with van der Waals surface area (Å²) in [5, 5.41) is 0. The lowest BCUT2D eigenvalue weighted by atomic mass is 10.2. The van der Waals surface area contributed by atoms with E-state index in [9.17, 15) is 18.0 Å². The summed E-state index contributed by atoms with van der Waals surface area (Å²) in [7, 11) is -5.07. The van der Waals surface area contributed by atoms with Gasteiger partial charge in [-0.2, -0.15) is 8.42 Å². The number of ether oxygens (including phenoxy) is 2. The fourth-order valence-electron chi connectivity index (χ4n) is 0.943. The SMILES string of the molecule is C=CCOC(=O)CC(N)(C(=O)OCC=C)S(=O)(=O)O. The highest BCUT2D eigenvalue weighted by molar-refractivity contribution is 7.88. The van der Waals surface area contributed by atoms with Crippen molar-refractivity contribution in [3.8, 4) is 0 Å². The van der Waals surface area contributed by atoms with Crippen LogP contribution in [0.3, 0.4) is 0 Å². The van der Waals surface area contributed by atoms with Gasteiger partial charge in [0.05, 0.1) is 6.42 Å². The molecule has 0 aromatic rings. The molecule has 0 heterocycles. The van der Waals surface area contributed by atoms with Crippen molar-refractivity contribution >= 4 is 22.1 Å². The summed E-state index contributed by atoms with van der Waals surface area (Å²) in [5.74, 6) is -2.58. The maximum absolute atomic E-state index is 11.5. The molecule has 0 aliphatic heterocycles. The Morgan fingerprint density at radius 3 is 2.11 bits per heavy atom. The number of rotatable bonds is 8. The highest BCUT2D eigenvalue weighted by atomic mass is 32.2. The van der Waals surface area contributed by atoms with Gasteiger partial charge in [-0.25, -0.2) is 4.79 Å². The summed E-state index contributed by atoms with van der Waals surface area (Å²) < 4.78 is 40.2. The molecule has 0 rings (SSSR count). The smallest absolute Gasteiger partial charge is 0.345 e.